The number of nitrogens with zero attached hydrogens (tertiary/aromatic N) is 1. The van der Waals surface area contributed by atoms with Gasteiger partial charge in [-0.1, -0.05) is 18.7 Å². The Bertz CT molecular complexity index is 522. The summed E-state index contributed by atoms with van der Waals surface area (Å²) in [4.78, 5) is 4.63. The molecule has 0 radical (unpaired) electrons. The number of aromatic nitrogens is 1. The lowest BCUT2D eigenvalue weighted by Crippen LogP contribution is -2.20. The van der Waals surface area contributed by atoms with E-state index < -0.39 is 0 Å². The molecule has 0 saturated heterocycles. The highest BCUT2D eigenvalue weighted by molar-refractivity contribution is 8.01. The van der Waals surface area contributed by atoms with Crippen molar-refractivity contribution in [2.75, 3.05) is 5.73 Å². The molecule has 5 heteroatoms. The fourth-order valence-corrected chi connectivity index (χ4v) is 4.44. The summed E-state index contributed by atoms with van der Waals surface area (Å²) in [5.41, 5.74) is 13.5. The maximum atomic E-state index is 5.87. The Balaban J connectivity index is 2.15. The number of rotatable bonds is 5. The Morgan fingerprint density at radius 3 is 2.89 bits per heavy atom. The van der Waals surface area contributed by atoms with Crippen LogP contribution in [0.5, 0.6) is 0 Å². The number of fused-ring (bicyclic) bond motifs is 1. The molecule has 2 rings (SSSR count). The minimum Gasteiger partial charge on any atom is -0.399 e. The summed E-state index contributed by atoms with van der Waals surface area (Å²) in [6, 6.07) is 6.12. The highest BCUT2D eigenvalue weighted by Crippen LogP contribution is 2.35. The van der Waals surface area contributed by atoms with Crippen LogP contribution in [0.4, 0.5) is 5.69 Å². The van der Waals surface area contributed by atoms with Crippen molar-refractivity contribution < 1.29 is 0 Å². The summed E-state index contributed by atoms with van der Waals surface area (Å²) < 4.78 is 2.27. The van der Waals surface area contributed by atoms with E-state index in [0.29, 0.717) is 5.25 Å². The van der Waals surface area contributed by atoms with E-state index in [-0.39, 0.29) is 6.04 Å². The van der Waals surface area contributed by atoms with Crippen LogP contribution >= 0.6 is 23.1 Å². The highest BCUT2D eigenvalue weighted by Gasteiger charge is 2.13. The average Bonchev–Trinajstić information content (AvgIpc) is 2.68. The lowest BCUT2D eigenvalue weighted by atomic mass is 10.1. The second-order valence-electron chi connectivity index (χ2n) is 4.57. The van der Waals surface area contributed by atoms with Crippen molar-refractivity contribution in [1.29, 1.82) is 0 Å². The van der Waals surface area contributed by atoms with Crippen LogP contribution < -0.4 is 11.5 Å². The standard InChI is InChI=1S/C13H19N3S2/c1-3-10(6-8(2)14)17-13-16-11-5-4-9(15)7-12(11)18-13/h4-5,7-8,10H,3,6,14-15H2,1-2H3/t8?,10-/m1/s1. The predicted molar refractivity (Wildman–Crippen MR) is 82.2 cm³/mol. The first-order chi connectivity index (χ1) is 8.58. The minimum atomic E-state index is 0.243. The number of nitrogen functional groups attached to an aromatic ring is 1. The predicted octanol–water partition coefficient (Wildman–Crippen LogP) is 3.49. The molecule has 0 aliphatic carbocycles. The summed E-state index contributed by atoms with van der Waals surface area (Å²) in [5, 5.41) is 0.544. The average molecular weight is 281 g/mol. The van der Waals surface area contributed by atoms with Gasteiger partial charge in [0.1, 0.15) is 0 Å². The van der Waals surface area contributed by atoms with Crippen LogP contribution in [-0.2, 0) is 0 Å². The first-order valence-electron chi connectivity index (χ1n) is 6.16. The van der Waals surface area contributed by atoms with Crippen molar-refractivity contribution in [2.24, 2.45) is 5.73 Å². The summed E-state index contributed by atoms with van der Waals surface area (Å²) >= 11 is 3.55. The Labute approximate surface area is 116 Å². The van der Waals surface area contributed by atoms with Crippen molar-refractivity contribution in [3.05, 3.63) is 18.2 Å². The fourth-order valence-electron chi connectivity index (χ4n) is 1.83. The molecule has 4 N–H and O–H groups in total. The number of hydrogen-bond donors (Lipinski definition) is 2. The van der Waals surface area contributed by atoms with Crippen LogP contribution in [0, 0.1) is 0 Å². The van der Waals surface area contributed by atoms with E-state index in [1.54, 1.807) is 11.3 Å². The van der Waals surface area contributed by atoms with Crippen molar-refractivity contribution in [3.63, 3.8) is 0 Å². The Morgan fingerprint density at radius 1 is 1.44 bits per heavy atom. The van der Waals surface area contributed by atoms with Gasteiger partial charge < -0.3 is 11.5 Å². The highest BCUT2D eigenvalue weighted by atomic mass is 32.2. The van der Waals surface area contributed by atoms with Gasteiger partial charge in [0.05, 0.1) is 10.2 Å². The lowest BCUT2D eigenvalue weighted by molar-refractivity contribution is 0.628. The van der Waals surface area contributed by atoms with E-state index in [1.807, 2.05) is 30.0 Å². The molecular weight excluding hydrogens is 262 g/mol. The number of thiazole rings is 1. The van der Waals surface area contributed by atoms with Crippen molar-refractivity contribution in [2.45, 2.75) is 42.3 Å². The van der Waals surface area contributed by atoms with Gasteiger partial charge in [-0.2, -0.15) is 0 Å². The number of benzene rings is 1. The van der Waals surface area contributed by atoms with Gasteiger partial charge in [-0.15, -0.1) is 11.3 Å². The number of thioether (sulfide) groups is 1. The summed E-state index contributed by atoms with van der Waals surface area (Å²) in [7, 11) is 0. The first kappa shape index (κ1) is 13.6. The van der Waals surface area contributed by atoms with E-state index in [1.165, 1.54) is 0 Å². The number of hydrogen-bond acceptors (Lipinski definition) is 5. The molecule has 0 saturated carbocycles. The summed E-state index contributed by atoms with van der Waals surface area (Å²) in [5.74, 6) is 0. The van der Waals surface area contributed by atoms with Gasteiger partial charge in [-0.3, -0.25) is 0 Å². The third kappa shape index (κ3) is 3.37. The molecule has 0 bridgehead atoms. The van der Waals surface area contributed by atoms with Gasteiger partial charge in [0, 0.05) is 17.0 Å². The van der Waals surface area contributed by atoms with Crippen LogP contribution in [0.15, 0.2) is 22.5 Å². The molecule has 1 unspecified atom stereocenters. The SMILES string of the molecule is CC[C@H](CC(C)N)Sc1nc2ccc(N)cc2s1. The van der Waals surface area contributed by atoms with E-state index in [4.69, 9.17) is 11.5 Å². The van der Waals surface area contributed by atoms with Gasteiger partial charge in [-0.25, -0.2) is 4.98 Å². The third-order valence-electron chi connectivity index (χ3n) is 2.75. The molecule has 1 aromatic carbocycles. The van der Waals surface area contributed by atoms with Gasteiger partial charge in [0.25, 0.3) is 0 Å². The Hall–Kier alpha value is -0.780. The van der Waals surface area contributed by atoms with Crippen LogP contribution in [0.1, 0.15) is 26.7 Å². The van der Waals surface area contributed by atoms with Gasteiger partial charge >= 0.3 is 0 Å². The monoisotopic (exact) mass is 281 g/mol. The Morgan fingerprint density at radius 2 is 2.22 bits per heavy atom. The summed E-state index contributed by atoms with van der Waals surface area (Å²) in [6.07, 6.45) is 2.14. The zero-order valence-corrected chi connectivity index (χ0v) is 12.4. The van der Waals surface area contributed by atoms with E-state index in [2.05, 4.69) is 18.8 Å². The smallest absolute Gasteiger partial charge is 0.151 e. The molecule has 0 spiro atoms. The molecule has 1 aromatic heterocycles. The maximum Gasteiger partial charge on any atom is 0.151 e. The van der Waals surface area contributed by atoms with E-state index in [0.717, 1.165) is 33.1 Å². The van der Waals surface area contributed by atoms with Crippen LogP contribution in [0.3, 0.4) is 0 Å². The molecule has 1 heterocycles. The molecular formula is C13H19N3S2. The number of nitrogens with two attached hydrogens (primary N) is 2. The Kier molecular flexibility index (Phi) is 4.48. The normalized spacial score (nSPS) is 14.8. The molecule has 0 aliphatic heterocycles. The molecule has 2 atom stereocenters. The molecule has 0 aliphatic rings. The zero-order valence-electron chi connectivity index (χ0n) is 10.7. The quantitative estimate of drug-likeness (QED) is 0.650. The lowest BCUT2D eigenvalue weighted by Gasteiger charge is -2.14. The van der Waals surface area contributed by atoms with Crippen LogP contribution in [0.2, 0.25) is 0 Å². The molecule has 2 aromatic rings. The van der Waals surface area contributed by atoms with Crippen molar-refractivity contribution in [3.8, 4) is 0 Å². The second kappa shape index (κ2) is 5.91. The van der Waals surface area contributed by atoms with Crippen LogP contribution in [0.25, 0.3) is 10.2 Å². The second-order valence-corrected chi connectivity index (χ2v) is 7.15. The topological polar surface area (TPSA) is 64.9 Å². The first-order valence-corrected chi connectivity index (χ1v) is 7.86. The van der Waals surface area contributed by atoms with Gasteiger partial charge in [-0.05, 0) is 38.0 Å². The summed E-state index contributed by atoms with van der Waals surface area (Å²) in [6.45, 7) is 4.26. The minimum absolute atomic E-state index is 0.243. The molecule has 0 amide bonds. The van der Waals surface area contributed by atoms with Crippen molar-refractivity contribution >= 4 is 39.0 Å². The largest absolute Gasteiger partial charge is 0.399 e. The maximum absolute atomic E-state index is 5.87. The van der Waals surface area contributed by atoms with E-state index in [9.17, 15) is 0 Å². The van der Waals surface area contributed by atoms with Gasteiger partial charge in [0.2, 0.25) is 0 Å². The van der Waals surface area contributed by atoms with Crippen molar-refractivity contribution in [1.82, 2.24) is 4.98 Å². The van der Waals surface area contributed by atoms with E-state index >= 15 is 0 Å². The number of anilines is 1. The van der Waals surface area contributed by atoms with Gasteiger partial charge in [0.15, 0.2) is 4.34 Å². The molecule has 0 fully saturated rings. The van der Waals surface area contributed by atoms with Crippen LogP contribution in [-0.4, -0.2) is 16.3 Å². The molecule has 98 valence electrons. The third-order valence-corrected chi connectivity index (χ3v) is 5.25. The zero-order chi connectivity index (χ0) is 13.1. The fraction of sp³-hybridized carbons (Fsp3) is 0.462. The molecule has 18 heavy (non-hydrogen) atoms. The molecule has 3 nitrogen and oxygen atoms in total.